The molecule has 1 aromatic heterocycles. The number of nitrogens with one attached hydrogen (secondary N) is 1. The summed E-state index contributed by atoms with van der Waals surface area (Å²) < 4.78 is 0. The lowest BCUT2D eigenvalue weighted by Gasteiger charge is -2.32. The third kappa shape index (κ3) is 5.56. The van der Waals surface area contributed by atoms with Crippen molar-refractivity contribution < 1.29 is 9.59 Å². The van der Waals surface area contributed by atoms with Crippen LogP contribution in [0.2, 0.25) is 10.0 Å². The van der Waals surface area contributed by atoms with Gasteiger partial charge in [-0.3, -0.25) is 9.59 Å². The molecule has 2 heterocycles. The predicted molar refractivity (Wildman–Crippen MR) is 148 cm³/mol. The number of rotatable bonds is 6. The molecule has 38 heavy (non-hydrogen) atoms. The molecule has 0 fully saturated rings. The zero-order valence-electron chi connectivity index (χ0n) is 20.8. The molecule has 3 aromatic carbocycles. The number of benzene rings is 3. The molecule has 0 saturated carbocycles. The molecule has 10 heteroatoms. The first kappa shape index (κ1) is 25.9. The van der Waals surface area contributed by atoms with Gasteiger partial charge in [-0.15, -0.1) is 10.2 Å². The first-order chi connectivity index (χ1) is 18.4. The minimum absolute atomic E-state index is 0.0603. The Bertz CT molecular complexity index is 1470. The second-order valence-corrected chi connectivity index (χ2v) is 10.1. The number of carbonyl (C=O) groups is 2. The molecule has 2 amide bonds. The van der Waals surface area contributed by atoms with E-state index in [0.29, 0.717) is 39.8 Å². The third-order valence-corrected chi connectivity index (χ3v) is 7.32. The fraction of sp³-hybridized carbons (Fsp3) is 0.250. The van der Waals surface area contributed by atoms with Gasteiger partial charge in [-0.1, -0.05) is 35.3 Å². The van der Waals surface area contributed by atoms with E-state index in [2.05, 4.69) is 20.7 Å². The summed E-state index contributed by atoms with van der Waals surface area (Å²) in [5.74, 6) is -0.414. The Labute approximate surface area is 230 Å². The molecule has 1 aliphatic heterocycles. The van der Waals surface area contributed by atoms with E-state index in [-0.39, 0.29) is 17.9 Å². The van der Waals surface area contributed by atoms with Crippen LogP contribution in [-0.2, 0) is 13.0 Å². The lowest BCUT2D eigenvalue weighted by atomic mass is 10.0. The summed E-state index contributed by atoms with van der Waals surface area (Å²) in [4.78, 5) is 30.3. The Morgan fingerprint density at radius 1 is 1.05 bits per heavy atom. The molecule has 194 valence electrons. The minimum Gasteiger partial charge on any atom is -0.322 e. The van der Waals surface area contributed by atoms with E-state index >= 15 is 0 Å². The van der Waals surface area contributed by atoms with Crippen molar-refractivity contribution in [2.24, 2.45) is 0 Å². The first-order valence-corrected chi connectivity index (χ1v) is 13.2. The maximum atomic E-state index is 14.1. The van der Waals surface area contributed by atoms with Crippen molar-refractivity contribution in [2.75, 3.05) is 10.2 Å². The van der Waals surface area contributed by atoms with Crippen molar-refractivity contribution >= 4 is 46.4 Å². The molecule has 4 aromatic rings. The molecular weight excluding hydrogens is 523 g/mol. The van der Waals surface area contributed by atoms with Gasteiger partial charge in [-0.2, -0.15) is 4.80 Å². The van der Waals surface area contributed by atoms with Crippen molar-refractivity contribution in [1.82, 2.24) is 20.2 Å². The number of nitrogens with zero attached hydrogens (tertiary/aromatic N) is 5. The Balaban J connectivity index is 1.43. The van der Waals surface area contributed by atoms with Crippen LogP contribution in [0.3, 0.4) is 0 Å². The van der Waals surface area contributed by atoms with Gasteiger partial charge >= 0.3 is 0 Å². The third-order valence-electron chi connectivity index (χ3n) is 6.76. The first-order valence-electron chi connectivity index (χ1n) is 12.4. The molecular formula is C28H26Cl2N6O2. The topological polar surface area (TPSA) is 93.0 Å². The van der Waals surface area contributed by atoms with Gasteiger partial charge in [0.1, 0.15) is 0 Å². The summed E-state index contributed by atoms with van der Waals surface area (Å²) in [5.41, 5.74) is 4.20. The largest absolute Gasteiger partial charge is 0.322 e. The van der Waals surface area contributed by atoms with Gasteiger partial charge in [-0.05, 0) is 97.5 Å². The summed E-state index contributed by atoms with van der Waals surface area (Å²) in [5, 5.41) is 15.8. The quantitative estimate of drug-likeness (QED) is 0.319. The number of tetrazole rings is 1. The van der Waals surface area contributed by atoms with Gasteiger partial charge in [0.2, 0.25) is 0 Å². The number of halogens is 2. The molecule has 1 atom stereocenters. The lowest BCUT2D eigenvalue weighted by Crippen LogP contribution is -2.41. The molecule has 0 bridgehead atoms. The summed E-state index contributed by atoms with van der Waals surface area (Å²) in [6.07, 6.45) is 4.68. The number of hydrogen-bond donors (Lipinski definition) is 1. The van der Waals surface area contributed by atoms with Crippen LogP contribution >= 0.6 is 23.2 Å². The fourth-order valence-electron chi connectivity index (χ4n) is 4.90. The van der Waals surface area contributed by atoms with Crippen LogP contribution < -0.4 is 10.2 Å². The number of amides is 2. The molecule has 0 radical (unpaired) electrons. The lowest BCUT2D eigenvalue weighted by molar-refractivity contribution is 0.0971. The highest BCUT2D eigenvalue weighted by atomic mass is 35.5. The van der Waals surface area contributed by atoms with E-state index in [0.717, 1.165) is 36.1 Å². The van der Waals surface area contributed by atoms with Gasteiger partial charge in [0.25, 0.3) is 11.8 Å². The maximum Gasteiger partial charge on any atom is 0.258 e. The highest BCUT2D eigenvalue weighted by Gasteiger charge is 2.31. The zero-order valence-corrected chi connectivity index (χ0v) is 22.3. The van der Waals surface area contributed by atoms with Crippen molar-refractivity contribution in [2.45, 2.75) is 45.2 Å². The fourth-order valence-corrected chi connectivity index (χ4v) is 5.32. The van der Waals surface area contributed by atoms with Crippen LogP contribution in [0.15, 0.2) is 67.0 Å². The number of anilines is 2. The van der Waals surface area contributed by atoms with Crippen LogP contribution in [0.5, 0.6) is 0 Å². The van der Waals surface area contributed by atoms with Crippen molar-refractivity contribution in [1.29, 1.82) is 0 Å². The van der Waals surface area contributed by atoms with E-state index in [1.165, 1.54) is 11.1 Å². The SMILES string of the molecule is Cc1cc(NC(=O)c2ccccc2Cl)ccc1C(=O)N1c2ccc(Cl)cc2CCCC1CCn1ncnn1. The Kier molecular flexibility index (Phi) is 7.72. The van der Waals surface area contributed by atoms with Gasteiger partial charge in [0, 0.05) is 28.0 Å². The van der Waals surface area contributed by atoms with Crippen LogP contribution in [0.4, 0.5) is 11.4 Å². The Hall–Kier alpha value is -3.75. The summed E-state index contributed by atoms with van der Waals surface area (Å²) in [7, 11) is 0. The van der Waals surface area contributed by atoms with Gasteiger partial charge in [-0.25, -0.2) is 0 Å². The Morgan fingerprint density at radius 3 is 2.66 bits per heavy atom. The van der Waals surface area contributed by atoms with Crippen LogP contribution in [0.1, 0.15) is 51.1 Å². The van der Waals surface area contributed by atoms with E-state index < -0.39 is 0 Å². The highest BCUT2D eigenvalue weighted by molar-refractivity contribution is 6.34. The minimum atomic E-state index is -0.311. The van der Waals surface area contributed by atoms with Crippen LogP contribution in [0.25, 0.3) is 0 Å². The average Bonchev–Trinajstić information content (AvgIpc) is 3.35. The van der Waals surface area contributed by atoms with E-state index in [9.17, 15) is 9.59 Å². The normalized spacial score (nSPS) is 15.0. The standard InChI is InChI=1S/C28H26Cl2N6O2/c1-18-15-21(33-27(37)24-7-2-3-8-25(24)30)10-11-23(18)28(38)36-22(13-14-35-32-17-31-34-35)6-4-5-19-16-20(29)9-12-26(19)36/h2-3,7-12,15-17,22H,4-6,13-14H2,1H3,(H,33,37). The number of hydrogen-bond acceptors (Lipinski definition) is 5. The second-order valence-electron chi connectivity index (χ2n) is 9.28. The monoisotopic (exact) mass is 548 g/mol. The molecule has 0 saturated heterocycles. The average molecular weight is 549 g/mol. The summed E-state index contributed by atoms with van der Waals surface area (Å²) >= 11 is 12.5. The van der Waals surface area contributed by atoms with Crippen molar-refractivity contribution in [3.63, 3.8) is 0 Å². The number of fused-ring (bicyclic) bond motifs is 1. The van der Waals surface area contributed by atoms with E-state index in [4.69, 9.17) is 23.2 Å². The van der Waals surface area contributed by atoms with Gasteiger partial charge in [0.05, 0.1) is 17.1 Å². The summed E-state index contributed by atoms with van der Waals surface area (Å²) in [6.45, 7) is 2.41. The molecule has 8 nitrogen and oxygen atoms in total. The van der Waals surface area contributed by atoms with Crippen LogP contribution in [-0.4, -0.2) is 38.1 Å². The van der Waals surface area contributed by atoms with Crippen molar-refractivity contribution in [3.05, 3.63) is 99.3 Å². The number of carbonyl (C=O) groups excluding carboxylic acids is 2. The van der Waals surface area contributed by atoms with Gasteiger partial charge < -0.3 is 10.2 Å². The van der Waals surface area contributed by atoms with Crippen molar-refractivity contribution in [3.8, 4) is 0 Å². The Morgan fingerprint density at radius 2 is 1.89 bits per heavy atom. The number of aryl methyl sites for hydroxylation is 3. The van der Waals surface area contributed by atoms with Crippen LogP contribution in [0, 0.1) is 6.92 Å². The molecule has 5 rings (SSSR count). The van der Waals surface area contributed by atoms with E-state index in [1.807, 2.05) is 30.0 Å². The molecule has 0 spiro atoms. The molecule has 1 N–H and O–H groups in total. The highest BCUT2D eigenvalue weighted by Crippen LogP contribution is 2.35. The summed E-state index contributed by atoms with van der Waals surface area (Å²) in [6, 6.07) is 17.8. The van der Waals surface area contributed by atoms with Gasteiger partial charge in [0.15, 0.2) is 6.33 Å². The smallest absolute Gasteiger partial charge is 0.258 e. The molecule has 0 aliphatic carbocycles. The molecule has 1 aliphatic rings. The van der Waals surface area contributed by atoms with E-state index in [1.54, 1.807) is 42.5 Å². The predicted octanol–water partition coefficient (Wildman–Crippen LogP) is 5.98. The molecule has 1 unspecified atom stereocenters. The zero-order chi connectivity index (χ0) is 26.6. The number of aromatic nitrogens is 4. The maximum absolute atomic E-state index is 14.1. The second kappa shape index (κ2) is 11.3.